The minimum Gasteiger partial charge on any atom is -0.377 e. The van der Waals surface area contributed by atoms with Crippen LogP contribution in [-0.4, -0.2) is 31.3 Å². The highest BCUT2D eigenvalue weighted by molar-refractivity contribution is 5.56. The number of hydrogen-bond donors (Lipinski definition) is 1. The van der Waals surface area contributed by atoms with Gasteiger partial charge in [0.2, 0.25) is 0 Å². The molecule has 104 valence electrons. The van der Waals surface area contributed by atoms with Crippen LogP contribution in [-0.2, 0) is 11.3 Å². The first-order valence-electron chi connectivity index (χ1n) is 7.33. The number of benzene rings is 1. The Hall–Kier alpha value is -1.06. The van der Waals surface area contributed by atoms with Gasteiger partial charge in [0.25, 0.3) is 0 Å². The molecule has 2 aliphatic rings. The molecule has 1 saturated heterocycles. The van der Waals surface area contributed by atoms with Gasteiger partial charge in [0.05, 0.1) is 18.8 Å². The molecule has 0 unspecified atom stereocenters. The van der Waals surface area contributed by atoms with Gasteiger partial charge < -0.3 is 15.0 Å². The van der Waals surface area contributed by atoms with Crippen LogP contribution in [0.25, 0.3) is 0 Å². The van der Waals surface area contributed by atoms with E-state index in [9.17, 15) is 0 Å². The average Bonchev–Trinajstić information content (AvgIpc) is 3.20. The summed E-state index contributed by atoms with van der Waals surface area (Å²) < 4.78 is 5.63. The standard InChI is InChI=1S/C16H24N2O/c1-16(2)12-19-10-9-18(16)15-6-4-3-5-13(15)11-17-14-7-8-14/h3-6,14,17H,7-12H2,1-2H3. The second-order valence-corrected chi connectivity index (χ2v) is 6.30. The summed E-state index contributed by atoms with van der Waals surface area (Å²) in [6.07, 6.45) is 2.68. The van der Waals surface area contributed by atoms with Crippen LogP contribution in [0.1, 0.15) is 32.3 Å². The summed E-state index contributed by atoms with van der Waals surface area (Å²) in [5.74, 6) is 0. The quantitative estimate of drug-likeness (QED) is 0.900. The maximum absolute atomic E-state index is 5.63. The van der Waals surface area contributed by atoms with Crippen LogP contribution in [0.5, 0.6) is 0 Å². The van der Waals surface area contributed by atoms with Crippen molar-refractivity contribution in [2.24, 2.45) is 0 Å². The Balaban J connectivity index is 1.81. The van der Waals surface area contributed by atoms with Gasteiger partial charge in [0, 0.05) is 24.8 Å². The van der Waals surface area contributed by atoms with E-state index in [1.807, 2.05) is 0 Å². The predicted molar refractivity (Wildman–Crippen MR) is 78.5 cm³/mol. The Morgan fingerprint density at radius 1 is 1.32 bits per heavy atom. The largest absolute Gasteiger partial charge is 0.377 e. The van der Waals surface area contributed by atoms with Crippen molar-refractivity contribution in [3.05, 3.63) is 29.8 Å². The molecule has 0 amide bonds. The third-order valence-electron chi connectivity index (χ3n) is 4.09. The van der Waals surface area contributed by atoms with Crippen LogP contribution in [0, 0.1) is 0 Å². The first-order chi connectivity index (χ1) is 9.17. The zero-order valence-corrected chi connectivity index (χ0v) is 12.0. The van der Waals surface area contributed by atoms with Crippen LogP contribution < -0.4 is 10.2 Å². The summed E-state index contributed by atoms with van der Waals surface area (Å²) in [6, 6.07) is 9.53. The first-order valence-corrected chi connectivity index (χ1v) is 7.33. The van der Waals surface area contributed by atoms with Gasteiger partial charge in [-0.2, -0.15) is 0 Å². The van der Waals surface area contributed by atoms with E-state index in [4.69, 9.17) is 4.74 Å². The summed E-state index contributed by atoms with van der Waals surface area (Å²) in [5.41, 5.74) is 2.85. The molecule has 0 aromatic heterocycles. The molecule has 1 aliphatic carbocycles. The molecule has 1 saturated carbocycles. The SMILES string of the molecule is CC1(C)COCCN1c1ccccc1CNC1CC1. The molecule has 1 N–H and O–H groups in total. The zero-order chi connectivity index (χ0) is 13.3. The van der Waals surface area contributed by atoms with Crippen molar-refractivity contribution in [1.82, 2.24) is 5.32 Å². The molecule has 0 bridgehead atoms. The second kappa shape index (κ2) is 5.14. The summed E-state index contributed by atoms with van der Waals surface area (Å²) in [7, 11) is 0. The maximum Gasteiger partial charge on any atom is 0.0694 e. The van der Waals surface area contributed by atoms with Crippen molar-refractivity contribution in [1.29, 1.82) is 0 Å². The molecular formula is C16H24N2O. The van der Waals surface area contributed by atoms with E-state index in [0.29, 0.717) is 0 Å². The van der Waals surface area contributed by atoms with Crippen molar-refractivity contribution in [2.45, 2.75) is 44.8 Å². The van der Waals surface area contributed by atoms with Crippen molar-refractivity contribution >= 4 is 5.69 Å². The van der Waals surface area contributed by atoms with Gasteiger partial charge in [-0.15, -0.1) is 0 Å². The van der Waals surface area contributed by atoms with Crippen molar-refractivity contribution in [3.63, 3.8) is 0 Å². The number of rotatable bonds is 4. The van der Waals surface area contributed by atoms with Crippen molar-refractivity contribution in [2.75, 3.05) is 24.7 Å². The molecule has 1 heterocycles. The minimum absolute atomic E-state index is 0.0773. The van der Waals surface area contributed by atoms with Crippen LogP contribution in [0.15, 0.2) is 24.3 Å². The molecular weight excluding hydrogens is 236 g/mol. The topological polar surface area (TPSA) is 24.5 Å². The van der Waals surface area contributed by atoms with E-state index in [0.717, 1.165) is 32.3 Å². The lowest BCUT2D eigenvalue weighted by Crippen LogP contribution is -2.53. The molecule has 3 heteroatoms. The van der Waals surface area contributed by atoms with Gasteiger partial charge in [-0.1, -0.05) is 18.2 Å². The number of morpholine rings is 1. The van der Waals surface area contributed by atoms with Gasteiger partial charge in [-0.05, 0) is 38.3 Å². The van der Waals surface area contributed by atoms with Crippen molar-refractivity contribution < 1.29 is 4.74 Å². The molecule has 1 aromatic carbocycles. The number of para-hydroxylation sites is 1. The number of nitrogens with one attached hydrogen (secondary N) is 1. The number of nitrogens with zero attached hydrogens (tertiary/aromatic N) is 1. The van der Waals surface area contributed by atoms with Gasteiger partial charge in [-0.25, -0.2) is 0 Å². The Morgan fingerprint density at radius 3 is 2.84 bits per heavy atom. The fourth-order valence-electron chi connectivity index (χ4n) is 2.77. The lowest BCUT2D eigenvalue weighted by atomic mass is 9.99. The van der Waals surface area contributed by atoms with Crippen LogP contribution in [0.2, 0.25) is 0 Å². The third-order valence-corrected chi connectivity index (χ3v) is 4.09. The molecule has 3 rings (SSSR count). The Kier molecular flexibility index (Phi) is 3.50. The van der Waals surface area contributed by atoms with Gasteiger partial charge in [0.1, 0.15) is 0 Å². The molecule has 2 fully saturated rings. The molecule has 0 spiro atoms. The molecule has 1 aliphatic heterocycles. The zero-order valence-electron chi connectivity index (χ0n) is 12.0. The van der Waals surface area contributed by atoms with E-state index in [-0.39, 0.29) is 5.54 Å². The second-order valence-electron chi connectivity index (χ2n) is 6.30. The highest BCUT2D eigenvalue weighted by Crippen LogP contribution is 2.30. The van der Waals surface area contributed by atoms with Gasteiger partial charge >= 0.3 is 0 Å². The van der Waals surface area contributed by atoms with Gasteiger partial charge in [0.15, 0.2) is 0 Å². The summed E-state index contributed by atoms with van der Waals surface area (Å²) in [6.45, 7) is 8.11. The highest BCUT2D eigenvalue weighted by Gasteiger charge is 2.31. The van der Waals surface area contributed by atoms with Crippen LogP contribution >= 0.6 is 0 Å². The minimum atomic E-state index is 0.0773. The Bertz CT molecular complexity index is 440. The van der Waals surface area contributed by atoms with E-state index >= 15 is 0 Å². The predicted octanol–water partition coefficient (Wildman–Crippen LogP) is 2.55. The monoisotopic (exact) mass is 260 g/mol. The fourth-order valence-corrected chi connectivity index (χ4v) is 2.77. The van der Waals surface area contributed by atoms with Crippen LogP contribution in [0.3, 0.4) is 0 Å². The average molecular weight is 260 g/mol. The number of hydrogen-bond acceptors (Lipinski definition) is 3. The molecule has 1 aromatic rings. The smallest absolute Gasteiger partial charge is 0.0694 e. The van der Waals surface area contributed by atoms with E-state index < -0.39 is 0 Å². The lowest BCUT2D eigenvalue weighted by Gasteiger charge is -2.44. The maximum atomic E-state index is 5.63. The summed E-state index contributed by atoms with van der Waals surface area (Å²) in [4.78, 5) is 2.50. The third kappa shape index (κ3) is 2.93. The fraction of sp³-hybridized carbons (Fsp3) is 0.625. The van der Waals surface area contributed by atoms with E-state index in [1.165, 1.54) is 24.1 Å². The van der Waals surface area contributed by atoms with Crippen molar-refractivity contribution in [3.8, 4) is 0 Å². The Morgan fingerprint density at radius 2 is 2.11 bits per heavy atom. The molecule has 19 heavy (non-hydrogen) atoms. The summed E-state index contributed by atoms with van der Waals surface area (Å²) >= 11 is 0. The van der Waals surface area contributed by atoms with Crippen LogP contribution in [0.4, 0.5) is 5.69 Å². The molecule has 3 nitrogen and oxygen atoms in total. The van der Waals surface area contributed by atoms with E-state index in [2.05, 4.69) is 48.3 Å². The first kappa shape index (κ1) is 12.9. The van der Waals surface area contributed by atoms with E-state index in [1.54, 1.807) is 0 Å². The number of ether oxygens (including phenoxy) is 1. The molecule has 0 radical (unpaired) electrons. The Labute approximate surface area is 115 Å². The summed E-state index contributed by atoms with van der Waals surface area (Å²) in [5, 5.41) is 3.62. The van der Waals surface area contributed by atoms with Gasteiger partial charge in [-0.3, -0.25) is 0 Å². The normalized spacial score (nSPS) is 22.5. The number of anilines is 1. The highest BCUT2D eigenvalue weighted by atomic mass is 16.5. The molecule has 0 atom stereocenters. The lowest BCUT2D eigenvalue weighted by molar-refractivity contribution is 0.0643.